The van der Waals surface area contributed by atoms with Crippen molar-refractivity contribution in [1.82, 2.24) is 15.5 Å². The van der Waals surface area contributed by atoms with E-state index in [4.69, 9.17) is 9.84 Å². The van der Waals surface area contributed by atoms with Crippen LogP contribution in [-0.2, 0) is 6.54 Å². The van der Waals surface area contributed by atoms with E-state index in [0.29, 0.717) is 23.4 Å². The second-order valence-electron chi connectivity index (χ2n) is 4.16. The molecule has 0 atom stereocenters. The number of carbonyl (C=O) groups excluding carboxylic acids is 1. The largest absolute Gasteiger partial charge is 0.495 e. The zero-order valence-electron chi connectivity index (χ0n) is 11.5. The minimum atomic E-state index is -0.250. The summed E-state index contributed by atoms with van der Waals surface area (Å²) in [5.74, 6) is 5.64. The molecule has 108 valence electrons. The van der Waals surface area contributed by atoms with Gasteiger partial charge in [0.25, 0.3) is 5.91 Å². The van der Waals surface area contributed by atoms with Gasteiger partial charge in [0, 0.05) is 23.9 Å². The molecule has 2 aromatic rings. The van der Waals surface area contributed by atoms with Crippen LogP contribution in [0.5, 0.6) is 5.75 Å². The molecule has 2 rings (SSSR count). The van der Waals surface area contributed by atoms with Gasteiger partial charge in [0.15, 0.2) is 0 Å². The van der Waals surface area contributed by atoms with Gasteiger partial charge in [-0.25, -0.2) is 0 Å². The third kappa shape index (κ3) is 3.84. The van der Waals surface area contributed by atoms with Crippen molar-refractivity contribution in [2.75, 3.05) is 13.7 Å². The van der Waals surface area contributed by atoms with E-state index < -0.39 is 0 Å². The van der Waals surface area contributed by atoms with E-state index in [1.165, 1.54) is 7.11 Å². The third-order valence-electron chi connectivity index (χ3n) is 2.77. The molecule has 3 N–H and O–H groups in total. The molecular formula is C15H15N3O3. The number of aromatic nitrogens is 2. The highest BCUT2D eigenvalue weighted by Crippen LogP contribution is 2.18. The maximum absolute atomic E-state index is 12.1. The number of hydrogen-bond acceptors (Lipinski definition) is 4. The molecule has 1 heterocycles. The van der Waals surface area contributed by atoms with Crippen LogP contribution in [0.1, 0.15) is 21.5 Å². The first-order valence-electron chi connectivity index (χ1n) is 6.28. The first-order valence-corrected chi connectivity index (χ1v) is 6.28. The van der Waals surface area contributed by atoms with E-state index in [1.54, 1.807) is 30.6 Å². The molecule has 0 bridgehead atoms. The fourth-order valence-electron chi connectivity index (χ4n) is 1.74. The minimum Gasteiger partial charge on any atom is -0.495 e. The molecule has 0 saturated heterocycles. The molecule has 1 aromatic heterocycles. The number of aromatic amines is 1. The number of hydrogen-bond donors (Lipinski definition) is 3. The van der Waals surface area contributed by atoms with Gasteiger partial charge in [-0.1, -0.05) is 11.8 Å². The van der Waals surface area contributed by atoms with Crippen molar-refractivity contribution in [3.05, 3.63) is 47.3 Å². The summed E-state index contributed by atoms with van der Waals surface area (Å²) in [5.41, 5.74) is 1.92. The van der Waals surface area contributed by atoms with Crippen LogP contribution in [0.4, 0.5) is 0 Å². The van der Waals surface area contributed by atoms with Crippen LogP contribution in [0.15, 0.2) is 30.6 Å². The van der Waals surface area contributed by atoms with Crippen molar-refractivity contribution in [3.63, 3.8) is 0 Å². The Balaban J connectivity index is 2.13. The van der Waals surface area contributed by atoms with Crippen LogP contribution in [0.2, 0.25) is 0 Å². The number of ether oxygens (including phenoxy) is 1. The highest BCUT2D eigenvalue weighted by Gasteiger charge is 2.09. The summed E-state index contributed by atoms with van der Waals surface area (Å²) in [7, 11) is 1.53. The van der Waals surface area contributed by atoms with Crippen LogP contribution >= 0.6 is 0 Å². The van der Waals surface area contributed by atoms with Crippen LogP contribution in [-0.4, -0.2) is 34.9 Å². The van der Waals surface area contributed by atoms with Gasteiger partial charge in [0.05, 0.1) is 18.9 Å². The summed E-state index contributed by atoms with van der Waals surface area (Å²) in [5, 5.41) is 18.0. The minimum absolute atomic E-state index is 0.217. The van der Waals surface area contributed by atoms with Gasteiger partial charge < -0.3 is 15.2 Å². The maximum Gasteiger partial charge on any atom is 0.251 e. The summed E-state index contributed by atoms with van der Waals surface area (Å²) >= 11 is 0. The van der Waals surface area contributed by atoms with E-state index in [1.807, 2.05) is 0 Å². The molecule has 0 fully saturated rings. The number of amides is 1. The number of rotatable bonds is 4. The second kappa shape index (κ2) is 7.12. The Morgan fingerprint density at radius 2 is 2.38 bits per heavy atom. The number of methoxy groups -OCH3 is 1. The highest BCUT2D eigenvalue weighted by molar-refractivity contribution is 5.94. The average molecular weight is 285 g/mol. The molecule has 21 heavy (non-hydrogen) atoms. The fraction of sp³-hybridized carbons (Fsp3) is 0.200. The normalized spacial score (nSPS) is 9.62. The van der Waals surface area contributed by atoms with E-state index >= 15 is 0 Å². The van der Waals surface area contributed by atoms with Crippen molar-refractivity contribution in [2.24, 2.45) is 0 Å². The zero-order valence-corrected chi connectivity index (χ0v) is 11.5. The first-order chi connectivity index (χ1) is 10.2. The summed E-state index contributed by atoms with van der Waals surface area (Å²) in [6.45, 7) is 0.138. The Morgan fingerprint density at radius 1 is 1.52 bits per heavy atom. The van der Waals surface area contributed by atoms with Gasteiger partial charge in [-0.15, -0.1) is 0 Å². The monoisotopic (exact) mass is 285 g/mol. The van der Waals surface area contributed by atoms with Crippen LogP contribution in [0, 0.1) is 11.8 Å². The van der Waals surface area contributed by atoms with Gasteiger partial charge in [-0.05, 0) is 18.2 Å². The highest BCUT2D eigenvalue weighted by atomic mass is 16.5. The smallest absolute Gasteiger partial charge is 0.251 e. The molecule has 1 aromatic carbocycles. The third-order valence-corrected chi connectivity index (χ3v) is 2.77. The number of carbonyl (C=O) groups is 1. The molecule has 6 heteroatoms. The first kappa shape index (κ1) is 14.6. The second-order valence-corrected chi connectivity index (χ2v) is 4.16. The molecule has 0 aliphatic heterocycles. The Hall–Kier alpha value is -2.78. The standard InChI is InChI=1S/C15H15N3O3/c1-21-14-5-4-13(7-12(14)3-2-6-19)15(20)16-8-11-9-17-18-10-11/h4-5,7,9-10,19H,6,8H2,1H3,(H,16,20)(H,17,18). The molecule has 0 aliphatic rings. The van der Waals surface area contributed by atoms with Gasteiger partial charge in [-0.2, -0.15) is 5.10 Å². The van der Waals surface area contributed by atoms with Gasteiger partial charge in [-0.3, -0.25) is 9.89 Å². The fourth-order valence-corrected chi connectivity index (χ4v) is 1.74. The van der Waals surface area contributed by atoms with Crippen molar-refractivity contribution < 1.29 is 14.6 Å². The lowest BCUT2D eigenvalue weighted by Gasteiger charge is -2.07. The Kier molecular flexibility index (Phi) is 4.96. The lowest BCUT2D eigenvalue weighted by molar-refractivity contribution is 0.0951. The van der Waals surface area contributed by atoms with E-state index in [0.717, 1.165) is 5.56 Å². The molecule has 0 radical (unpaired) electrons. The predicted octanol–water partition coefficient (Wildman–Crippen LogP) is 0.692. The van der Waals surface area contributed by atoms with E-state index in [2.05, 4.69) is 27.4 Å². The van der Waals surface area contributed by atoms with Crippen LogP contribution in [0.3, 0.4) is 0 Å². The Bertz CT molecular complexity index is 669. The molecule has 0 spiro atoms. The molecular weight excluding hydrogens is 270 g/mol. The number of aliphatic hydroxyl groups is 1. The van der Waals surface area contributed by atoms with Gasteiger partial charge >= 0.3 is 0 Å². The topological polar surface area (TPSA) is 87.2 Å². The summed E-state index contributed by atoms with van der Waals surface area (Å²) < 4.78 is 5.17. The van der Waals surface area contributed by atoms with E-state index in [-0.39, 0.29) is 12.5 Å². The number of benzene rings is 1. The molecule has 0 saturated carbocycles. The number of nitrogens with one attached hydrogen (secondary N) is 2. The number of nitrogens with zero attached hydrogens (tertiary/aromatic N) is 1. The molecule has 1 amide bonds. The Labute approximate surface area is 122 Å². The van der Waals surface area contributed by atoms with Crippen LogP contribution < -0.4 is 10.1 Å². The van der Waals surface area contributed by atoms with Gasteiger partial charge in [0.1, 0.15) is 12.4 Å². The van der Waals surface area contributed by atoms with Crippen molar-refractivity contribution in [2.45, 2.75) is 6.54 Å². The molecule has 0 unspecified atom stereocenters. The Morgan fingerprint density at radius 3 is 3.05 bits per heavy atom. The zero-order chi connectivity index (χ0) is 15.1. The van der Waals surface area contributed by atoms with E-state index in [9.17, 15) is 4.79 Å². The predicted molar refractivity (Wildman–Crippen MR) is 76.7 cm³/mol. The summed E-state index contributed by atoms with van der Waals surface area (Å²) in [6.07, 6.45) is 3.36. The maximum atomic E-state index is 12.1. The lowest BCUT2D eigenvalue weighted by Crippen LogP contribution is -2.22. The number of aliphatic hydroxyl groups excluding tert-OH is 1. The van der Waals surface area contributed by atoms with Gasteiger partial charge in [0.2, 0.25) is 0 Å². The quantitative estimate of drug-likeness (QED) is 0.721. The lowest BCUT2D eigenvalue weighted by atomic mass is 10.1. The van der Waals surface area contributed by atoms with Crippen molar-refractivity contribution in [3.8, 4) is 17.6 Å². The number of H-pyrrole nitrogens is 1. The van der Waals surface area contributed by atoms with Crippen molar-refractivity contribution in [1.29, 1.82) is 0 Å². The SMILES string of the molecule is COc1ccc(C(=O)NCc2cn[nH]c2)cc1C#CCO. The molecule has 6 nitrogen and oxygen atoms in total. The average Bonchev–Trinajstić information content (AvgIpc) is 3.03. The molecule has 0 aliphatic carbocycles. The summed E-state index contributed by atoms with van der Waals surface area (Å²) in [6, 6.07) is 4.97. The van der Waals surface area contributed by atoms with Crippen molar-refractivity contribution >= 4 is 5.91 Å². The summed E-state index contributed by atoms with van der Waals surface area (Å²) in [4.78, 5) is 12.1. The van der Waals surface area contributed by atoms with Crippen LogP contribution in [0.25, 0.3) is 0 Å².